The highest BCUT2D eigenvalue weighted by Crippen LogP contribution is 2.30. The molecule has 1 aliphatic rings. The molecule has 130 valence electrons. The summed E-state index contributed by atoms with van der Waals surface area (Å²) in [7, 11) is 1.92. The molecular weight excluding hydrogens is 308 g/mol. The molecule has 0 aliphatic heterocycles. The number of anilines is 1. The van der Waals surface area contributed by atoms with Crippen LogP contribution in [0.3, 0.4) is 0 Å². The van der Waals surface area contributed by atoms with Crippen LogP contribution >= 0.6 is 0 Å². The molecule has 0 aromatic carbocycles. The maximum atomic E-state index is 12.3. The number of carbonyl (C=O) groups excluding carboxylic acids is 1. The van der Waals surface area contributed by atoms with Crippen LogP contribution in [0.25, 0.3) is 11.0 Å². The van der Waals surface area contributed by atoms with Gasteiger partial charge in [0.15, 0.2) is 0 Å². The fourth-order valence-corrected chi connectivity index (χ4v) is 3.18. The van der Waals surface area contributed by atoms with E-state index in [9.17, 15) is 9.90 Å². The van der Waals surface area contributed by atoms with Gasteiger partial charge in [0.2, 0.25) is 0 Å². The van der Waals surface area contributed by atoms with Gasteiger partial charge in [-0.05, 0) is 46.1 Å². The normalized spacial score (nSPS) is 21.2. The summed E-state index contributed by atoms with van der Waals surface area (Å²) in [6.07, 6.45) is 3.83. The number of hydrogen-bond donors (Lipinski definition) is 2. The maximum absolute atomic E-state index is 12.3. The van der Waals surface area contributed by atoms with Crippen LogP contribution in [0.1, 0.15) is 50.5 Å². The Morgan fingerprint density at radius 2 is 2.12 bits per heavy atom. The van der Waals surface area contributed by atoms with Crippen molar-refractivity contribution in [2.75, 3.05) is 11.9 Å². The summed E-state index contributed by atoms with van der Waals surface area (Å²) < 4.78 is 5.40. The fourth-order valence-electron chi connectivity index (χ4n) is 3.18. The summed E-state index contributed by atoms with van der Waals surface area (Å²) in [5.41, 5.74) is 0.371. The minimum atomic E-state index is -0.562. The quantitative estimate of drug-likeness (QED) is 0.838. The first-order chi connectivity index (χ1) is 11.3. The predicted octanol–water partition coefficient (Wildman–Crippen LogP) is 2.26. The second-order valence-corrected chi connectivity index (χ2v) is 7.32. The summed E-state index contributed by atoms with van der Waals surface area (Å²) in [6, 6.07) is 1.75. The van der Waals surface area contributed by atoms with E-state index in [0.717, 1.165) is 24.6 Å². The summed E-state index contributed by atoms with van der Waals surface area (Å²) in [4.78, 5) is 25.8. The van der Waals surface area contributed by atoms with E-state index in [4.69, 9.17) is 4.74 Å². The Kier molecular flexibility index (Phi) is 4.21. The number of likely N-dealkylation sites (N-methyl/N-ethyl adjacent to an activating group) is 1. The number of aliphatic hydroxyl groups is 1. The molecule has 3 rings (SSSR count). The van der Waals surface area contributed by atoms with E-state index in [1.165, 1.54) is 6.33 Å². The number of rotatable bonds is 3. The zero-order valence-corrected chi connectivity index (χ0v) is 14.5. The van der Waals surface area contributed by atoms with Crippen molar-refractivity contribution < 1.29 is 14.6 Å². The van der Waals surface area contributed by atoms with Crippen LogP contribution in [0, 0.1) is 0 Å². The molecule has 0 saturated heterocycles. The lowest BCUT2D eigenvalue weighted by molar-refractivity contribution is 0.00638. The van der Waals surface area contributed by atoms with E-state index >= 15 is 0 Å². The molecule has 0 unspecified atom stereocenters. The maximum Gasteiger partial charge on any atom is 0.355 e. The van der Waals surface area contributed by atoms with Crippen molar-refractivity contribution in [1.82, 2.24) is 15.0 Å². The fraction of sp³-hybridized carbons (Fsp3) is 0.588. The van der Waals surface area contributed by atoms with Gasteiger partial charge < -0.3 is 19.7 Å². The summed E-state index contributed by atoms with van der Waals surface area (Å²) in [5.74, 6) is 0.284. The lowest BCUT2D eigenvalue weighted by Crippen LogP contribution is -2.38. The van der Waals surface area contributed by atoms with Gasteiger partial charge >= 0.3 is 5.97 Å². The van der Waals surface area contributed by atoms with E-state index in [-0.39, 0.29) is 12.1 Å². The van der Waals surface area contributed by atoms with Gasteiger partial charge in [-0.1, -0.05) is 0 Å². The van der Waals surface area contributed by atoms with Crippen LogP contribution in [0.4, 0.5) is 5.82 Å². The number of hydrogen-bond acceptors (Lipinski definition) is 6. The van der Waals surface area contributed by atoms with Crippen molar-refractivity contribution in [2.24, 2.45) is 0 Å². The number of carbonyl (C=O) groups is 1. The van der Waals surface area contributed by atoms with Crippen LogP contribution in [0.15, 0.2) is 12.4 Å². The second kappa shape index (κ2) is 6.05. The number of ether oxygens (including phenoxy) is 1. The van der Waals surface area contributed by atoms with Gasteiger partial charge in [-0.25, -0.2) is 14.8 Å². The van der Waals surface area contributed by atoms with Gasteiger partial charge in [0, 0.05) is 7.05 Å². The standard InChI is InChI=1S/C17H24N4O3/c1-17(2,3)24-16(23)11-8-10-14(20-11)18-9-19-15(10)21(4)12-6-5-7-13(12)22/h8-9,12-13,22H,5-7H2,1-4H3,(H,18,19,20)/t12-,13-/m1/s1. The summed E-state index contributed by atoms with van der Waals surface area (Å²) in [6.45, 7) is 5.48. The summed E-state index contributed by atoms with van der Waals surface area (Å²) in [5, 5.41) is 10.9. The molecule has 2 heterocycles. The first-order valence-corrected chi connectivity index (χ1v) is 8.24. The Bertz CT molecular complexity index is 750. The van der Waals surface area contributed by atoms with Crippen molar-refractivity contribution in [3.05, 3.63) is 18.1 Å². The predicted molar refractivity (Wildman–Crippen MR) is 91.1 cm³/mol. The Labute approximate surface area is 141 Å². The average Bonchev–Trinajstić information content (AvgIpc) is 3.10. The zero-order chi connectivity index (χ0) is 17.5. The minimum Gasteiger partial charge on any atom is -0.455 e. The van der Waals surface area contributed by atoms with E-state index in [1.807, 2.05) is 32.7 Å². The van der Waals surface area contributed by atoms with Crippen LogP contribution < -0.4 is 4.90 Å². The summed E-state index contributed by atoms with van der Waals surface area (Å²) >= 11 is 0. The molecule has 0 radical (unpaired) electrons. The minimum absolute atomic E-state index is 0.0305. The Hall–Kier alpha value is -2.15. The molecule has 0 bridgehead atoms. The molecule has 2 N–H and O–H groups in total. The number of H-pyrrole nitrogens is 1. The zero-order valence-electron chi connectivity index (χ0n) is 14.5. The van der Waals surface area contributed by atoms with Gasteiger partial charge in [0.25, 0.3) is 0 Å². The van der Waals surface area contributed by atoms with Gasteiger partial charge in [-0.3, -0.25) is 0 Å². The van der Waals surface area contributed by atoms with Crippen molar-refractivity contribution in [1.29, 1.82) is 0 Å². The smallest absolute Gasteiger partial charge is 0.355 e. The monoisotopic (exact) mass is 332 g/mol. The highest BCUT2D eigenvalue weighted by atomic mass is 16.6. The van der Waals surface area contributed by atoms with Gasteiger partial charge in [-0.2, -0.15) is 0 Å². The molecule has 0 spiro atoms. The number of aromatic nitrogens is 3. The third kappa shape index (κ3) is 3.21. The molecule has 1 saturated carbocycles. The highest BCUT2D eigenvalue weighted by molar-refractivity contribution is 5.97. The lowest BCUT2D eigenvalue weighted by Gasteiger charge is -2.28. The second-order valence-electron chi connectivity index (χ2n) is 7.32. The highest BCUT2D eigenvalue weighted by Gasteiger charge is 2.31. The largest absolute Gasteiger partial charge is 0.455 e. The van der Waals surface area contributed by atoms with E-state index in [2.05, 4.69) is 15.0 Å². The number of aliphatic hydroxyl groups excluding tert-OH is 1. The number of nitrogens with one attached hydrogen (secondary N) is 1. The van der Waals surface area contributed by atoms with Gasteiger partial charge in [-0.15, -0.1) is 0 Å². The molecule has 2 atom stereocenters. The molecule has 1 fully saturated rings. The van der Waals surface area contributed by atoms with Crippen LogP contribution in [-0.4, -0.2) is 50.8 Å². The Morgan fingerprint density at radius 1 is 1.38 bits per heavy atom. The van der Waals surface area contributed by atoms with Gasteiger partial charge in [0.1, 0.15) is 29.1 Å². The van der Waals surface area contributed by atoms with Gasteiger partial charge in [0.05, 0.1) is 17.5 Å². The average molecular weight is 332 g/mol. The number of fused-ring (bicyclic) bond motifs is 1. The molecule has 2 aromatic heterocycles. The molecule has 24 heavy (non-hydrogen) atoms. The van der Waals surface area contributed by atoms with Crippen molar-refractivity contribution in [2.45, 2.75) is 57.8 Å². The van der Waals surface area contributed by atoms with Crippen LogP contribution in [0.2, 0.25) is 0 Å². The number of esters is 1. The molecule has 0 amide bonds. The van der Waals surface area contributed by atoms with E-state index in [1.54, 1.807) is 6.07 Å². The molecular formula is C17H24N4O3. The molecule has 7 nitrogen and oxygen atoms in total. The first kappa shape index (κ1) is 16.7. The number of nitrogens with zero attached hydrogens (tertiary/aromatic N) is 3. The molecule has 7 heteroatoms. The van der Waals surface area contributed by atoms with Crippen molar-refractivity contribution in [3.63, 3.8) is 0 Å². The van der Waals surface area contributed by atoms with Crippen molar-refractivity contribution in [3.8, 4) is 0 Å². The topological polar surface area (TPSA) is 91.3 Å². The van der Waals surface area contributed by atoms with Crippen LogP contribution in [0.5, 0.6) is 0 Å². The molecule has 2 aromatic rings. The van der Waals surface area contributed by atoms with Crippen LogP contribution in [-0.2, 0) is 4.74 Å². The number of aromatic amines is 1. The Morgan fingerprint density at radius 3 is 2.75 bits per heavy atom. The first-order valence-electron chi connectivity index (χ1n) is 8.24. The van der Waals surface area contributed by atoms with E-state index in [0.29, 0.717) is 17.2 Å². The SMILES string of the molecule is CN(c1ncnc2[nH]c(C(=O)OC(C)(C)C)cc12)[C@@H]1CCC[C@H]1O. The van der Waals surface area contributed by atoms with E-state index < -0.39 is 11.6 Å². The third-order valence-corrected chi connectivity index (χ3v) is 4.30. The third-order valence-electron chi connectivity index (χ3n) is 4.30. The molecule has 1 aliphatic carbocycles. The Balaban J connectivity index is 1.94. The van der Waals surface area contributed by atoms with Crippen molar-refractivity contribution >= 4 is 22.8 Å². The lowest BCUT2D eigenvalue weighted by atomic mass is 10.2.